The number of aromatic hydroxyl groups is 1. The van der Waals surface area contributed by atoms with Crippen LogP contribution in [-0.4, -0.2) is 65.5 Å². The Bertz CT molecular complexity index is 1210. The Morgan fingerprint density at radius 1 is 1.14 bits per heavy atom. The largest absolute Gasteiger partial charge is 0.507 e. The van der Waals surface area contributed by atoms with E-state index < -0.39 is 6.04 Å². The van der Waals surface area contributed by atoms with E-state index in [-0.39, 0.29) is 29.5 Å². The Morgan fingerprint density at radius 2 is 1.89 bits per heavy atom. The lowest BCUT2D eigenvalue weighted by atomic mass is 9.95. The SMILES string of the molecule is CCOC(=O)N1CCN([C@@H](c2ccccc2OC)c2c(O)cc(C)n(Cc3ccco3)c2=O)CC1. The molecule has 0 aliphatic carbocycles. The van der Waals surface area contributed by atoms with Crippen LogP contribution < -0.4 is 10.3 Å². The summed E-state index contributed by atoms with van der Waals surface area (Å²) in [4.78, 5) is 29.8. The highest BCUT2D eigenvalue weighted by atomic mass is 16.6. The number of methoxy groups -OCH3 is 1. The molecule has 3 heterocycles. The second kappa shape index (κ2) is 10.7. The number of hydrogen-bond donors (Lipinski definition) is 1. The number of aryl methyl sites for hydroxylation is 1. The summed E-state index contributed by atoms with van der Waals surface area (Å²) in [6.45, 7) is 5.99. The molecule has 4 rings (SSSR count). The second-order valence-corrected chi connectivity index (χ2v) is 8.42. The van der Waals surface area contributed by atoms with Crippen molar-refractivity contribution >= 4 is 6.09 Å². The number of aromatic nitrogens is 1. The molecule has 1 amide bonds. The first kappa shape index (κ1) is 24.4. The number of pyridine rings is 1. The molecule has 0 spiro atoms. The topological polar surface area (TPSA) is 97.4 Å². The van der Waals surface area contributed by atoms with E-state index in [9.17, 15) is 14.7 Å². The fourth-order valence-electron chi connectivity index (χ4n) is 4.59. The summed E-state index contributed by atoms with van der Waals surface area (Å²) in [7, 11) is 1.58. The van der Waals surface area contributed by atoms with E-state index >= 15 is 0 Å². The monoisotopic (exact) mass is 481 g/mol. The zero-order valence-electron chi connectivity index (χ0n) is 20.3. The quantitative estimate of drug-likeness (QED) is 0.553. The maximum atomic E-state index is 13.9. The van der Waals surface area contributed by atoms with Crippen molar-refractivity contribution in [3.05, 3.63) is 81.7 Å². The summed E-state index contributed by atoms with van der Waals surface area (Å²) in [6, 6.07) is 12.1. The number of ether oxygens (including phenoxy) is 2. The highest BCUT2D eigenvalue weighted by Crippen LogP contribution is 2.37. The fourth-order valence-corrected chi connectivity index (χ4v) is 4.59. The number of carbonyl (C=O) groups is 1. The molecule has 1 aliphatic heterocycles. The zero-order chi connectivity index (χ0) is 24.9. The summed E-state index contributed by atoms with van der Waals surface area (Å²) >= 11 is 0. The minimum Gasteiger partial charge on any atom is -0.507 e. The van der Waals surface area contributed by atoms with Gasteiger partial charge in [0.05, 0.1) is 38.1 Å². The van der Waals surface area contributed by atoms with Crippen LogP contribution in [0.1, 0.15) is 35.5 Å². The summed E-state index contributed by atoms with van der Waals surface area (Å²) in [5.74, 6) is 1.18. The van der Waals surface area contributed by atoms with Gasteiger partial charge in [0.2, 0.25) is 0 Å². The second-order valence-electron chi connectivity index (χ2n) is 8.42. The number of carbonyl (C=O) groups excluding carboxylic acids is 1. The molecule has 1 N–H and O–H groups in total. The molecule has 1 fully saturated rings. The van der Waals surface area contributed by atoms with Crippen LogP contribution in [0.15, 0.2) is 57.9 Å². The average molecular weight is 482 g/mol. The molecule has 3 aromatic rings. The van der Waals surface area contributed by atoms with E-state index in [1.807, 2.05) is 30.3 Å². The van der Waals surface area contributed by atoms with Crippen molar-refractivity contribution in [1.29, 1.82) is 0 Å². The Kier molecular flexibility index (Phi) is 7.45. The number of furan rings is 1. The minimum absolute atomic E-state index is 0.0769. The van der Waals surface area contributed by atoms with Gasteiger partial charge >= 0.3 is 6.09 Å². The van der Waals surface area contributed by atoms with Crippen LogP contribution in [0.2, 0.25) is 0 Å². The Balaban J connectivity index is 1.78. The molecule has 0 radical (unpaired) electrons. The Hall–Kier alpha value is -3.72. The van der Waals surface area contributed by atoms with Crippen molar-refractivity contribution in [2.45, 2.75) is 26.4 Å². The Labute approximate surface area is 204 Å². The fraction of sp³-hybridized carbons (Fsp3) is 0.385. The molecule has 0 saturated carbocycles. The number of nitrogens with zero attached hydrogens (tertiary/aromatic N) is 3. The number of hydrogen-bond acceptors (Lipinski definition) is 7. The minimum atomic E-state index is -0.577. The van der Waals surface area contributed by atoms with Gasteiger partial charge in [-0.2, -0.15) is 0 Å². The van der Waals surface area contributed by atoms with Crippen LogP contribution in [0.4, 0.5) is 4.79 Å². The number of rotatable bonds is 7. The van der Waals surface area contributed by atoms with Gasteiger partial charge in [-0.05, 0) is 38.1 Å². The molecule has 1 saturated heterocycles. The van der Waals surface area contributed by atoms with Gasteiger partial charge in [-0.1, -0.05) is 18.2 Å². The number of benzene rings is 1. The van der Waals surface area contributed by atoms with Crippen molar-refractivity contribution in [3.63, 3.8) is 0 Å². The van der Waals surface area contributed by atoms with Crippen LogP contribution in [0.3, 0.4) is 0 Å². The average Bonchev–Trinajstić information content (AvgIpc) is 3.38. The van der Waals surface area contributed by atoms with Crippen molar-refractivity contribution in [1.82, 2.24) is 14.4 Å². The molecule has 2 aromatic heterocycles. The van der Waals surface area contributed by atoms with E-state index in [4.69, 9.17) is 13.9 Å². The van der Waals surface area contributed by atoms with Gasteiger partial charge in [-0.25, -0.2) is 4.79 Å². The van der Waals surface area contributed by atoms with Crippen LogP contribution >= 0.6 is 0 Å². The van der Waals surface area contributed by atoms with E-state index in [0.29, 0.717) is 50.0 Å². The van der Waals surface area contributed by atoms with E-state index in [0.717, 1.165) is 5.56 Å². The first-order chi connectivity index (χ1) is 16.9. The lowest BCUT2D eigenvalue weighted by Gasteiger charge is -2.39. The van der Waals surface area contributed by atoms with Crippen LogP contribution in [0, 0.1) is 6.92 Å². The number of amides is 1. The van der Waals surface area contributed by atoms with Crippen molar-refractivity contribution in [2.24, 2.45) is 0 Å². The molecule has 9 nitrogen and oxygen atoms in total. The Morgan fingerprint density at radius 3 is 2.54 bits per heavy atom. The van der Waals surface area contributed by atoms with E-state index in [1.54, 1.807) is 48.8 Å². The van der Waals surface area contributed by atoms with Gasteiger partial charge in [0.1, 0.15) is 17.3 Å². The molecule has 9 heteroatoms. The molecule has 0 unspecified atom stereocenters. The third-order valence-electron chi connectivity index (χ3n) is 6.33. The predicted molar refractivity (Wildman–Crippen MR) is 130 cm³/mol. The lowest BCUT2D eigenvalue weighted by Crippen LogP contribution is -2.50. The summed E-state index contributed by atoms with van der Waals surface area (Å²) in [5, 5.41) is 11.1. The molecule has 0 bridgehead atoms. The highest BCUT2D eigenvalue weighted by Gasteiger charge is 2.34. The zero-order valence-corrected chi connectivity index (χ0v) is 20.3. The first-order valence-electron chi connectivity index (χ1n) is 11.7. The van der Waals surface area contributed by atoms with Crippen LogP contribution in [0.25, 0.3) is 0 Å². The standard InChI is InChI=1S/C26H31N3O6/c1-4-34-26(32)28-13-11-27(12-14-28)24(20-9-5-6-10-22(20)33-3)23-21(30)16-18(2)29(25(23)31)17-19-8-7-15-35-19/h5-10,15-16,24,30H,4,11-14,17H2,1-3H3/t24-/m0/s1. The molecular weight excluding hydrogens is 450 g/mol. The van der Waals surface area contributed by atoms with Crippen LogP contribution in [-0.2, 0) is 11.3 Å². The van der Waals surface area contributed by atoms with Gasteiger partial charge in [0, 0.05) is 37.4 Å². The van der Waals surface area contributed by atoms with Crippen molar-refractivity contribution in [2.75, 3.05) is 39.9 Å². The molecular formula is C26H31N3O6. The number of para-hydroxylation sites is 1. The molecule has 1 aliphatic rings. The van der Waals surface area contributed by atoms with Crippen molar-refractivity contribution < 1.29 is 23.8 Å². The predicted octanol–water partition coefficient (Wildman–Crippen LogP) is 3.38. The van der Waals surface area contributed by atoms with Gasteiger partial charge < -0.3 is 28.5 Å². The summed E-state index contributed by atoms with van der Waals surface area (Å²) in [6.07, 6.45) is 1.22. The summed E-state index contributed by atoms with van der Waals surface area (Å²) < 4.78 is 17.8. The van der Waals surface area contributed by atoms with Gasteiger partial charge in [-0.15, -0.1) is 0 Å². The maximum Gasteiger partial charge on any atom is 0.409 e. The van der Waals surface area contributed by atoms with Gasteiger partial charge in [0.25, 0.3) is 5.56 Å². The highest BCUT2D eigenvalue weighted by molar-refractivity contribution is 5.67. The molecule has 1 aromatic carbocycles. The van der Waals surface area contributed by atoms with E-state index in [1.165, 1.54) is 0 Å². The molecule has 35 heavy (non-hydrogen) atoms. The third-order valence-corrected chi connectivity index (χ3v) is 6.33. The van der Waals surface area contributed by atoms with Gasteiger partial charge in [-0.3, -0.25) is 9.69 Å². The maximum absolute atomic E-state index is 13.9. The normalized spacial score (nSPS) is 15.1. The van der Waals surface area contributed by atoms with Gasteiger partial charge in [0.15, 0.2) is 0 Å². The first-order valence-corrected chi connectivity index (χ1v) is 11.7. The summed E-state index contributed by atoms with van der Waals surface area (Å²) in [5.41, 5.74) is 1.35. The smallest absolute Gasteiger partial charge is 0.409 e. The van der Waals surface area contributed by atoms with Crippen molar-refractivity contribution in [3.8, 4) is 11.5 Å². The third kappa shape index (κ3) is 5.05. The lowest BCUT2D eigenvalue weighted by molar-refractivity contribution is 0.0705. The van der Waals surface area contributed by atoms with E-state index in [2.05, 4.69) is 4.90 Å². The molecule has 186 valence electrons. The number of piperazine rings is 1. The van der Waals surface area contributed by atoms with Crippen LogP contribution in [0.5, 0.6) is 11.5 Å². The molecule has 1 atom stereocenters.